The zero-order chi connectivity index (χ0) is 7.82. The average Bonchev–Trinajstić information content (AvgIpc) is 1.98. The van der Waals surface area contributed by atoms with Gasteiger partial charge in [-0.05, 0) is 12.8 Å². The van der Waals surface area contributed by atoms with E-state index in [0.717, 1.165) is 19.1 Å². The van der Waals surface area contributed by atoms with Crippen molar-refractivity contribution in [2.24, 2.45) is 0 Å². The number of rotatable bonds is 6. The number of hydrogen-bond acceptors (Lipinski definition) is 2. The van der Waals surface area contributed by atoms with Crippen LogP contribution in [0, 0.1) is 10.8 Å². The lowest BCUT2D eigenvalue weighted by Gasteiger charge is -1.95. The van der Waals surface area contributed by atoms with Gasteiger partial charge in [0.15, 0.2) is 0 Å². The second-order valence-electron chi connectivity index (χ2n) is 2.48. The van der Waals surface area contributed by atoms with Crippen molar-refractivity contribution in [1.82, 2.24) is 0 Å². The monoisotopic (exact) mass is 176 g/mol. The zero-order valence-electron chi connectivity index (χ0n) is 7.02. The first kappa shape index (κ1) is 13.2. The van der Waals surface area contributed by atoms with E-state index < -0.39 is 0 Å². The molecule has 0 saturated heterocycles. The molecule has 0 amide bonds. The lowest BCUT2D eigenvalue weighted by Crippen LogP contribution is -1.95. The maximum atomic E-state index is 7.13. The second kappa shape index (κ2) is 9.63. The summed E-state index contributed by atoms with van der Waals surface area (Å²) in [4.78, 5) is 0. The Bertz CT molecular complexity index is 113. The molecule has 0 aliphatic rings. The summed E-state index contributed by atoms with van der Waals surface area (Å²) in [6.45, 7) is 2.17. The minimum absolute atomic E-state index is 0. The molecule has 2 nitrogen and oxygen atoms in total. The van der Waals surface area contributed by atoms with E-state index in [1.807, 2.05) is 0 Å². The van der Waals surface area contributed by atoms with Gasteiger partial charge in [-0.1, -0.05) is 26.2 Å². The van der Waals surface area contributed by atoms with Crippen LogP contribution in [0.25, 0.3) is 0 Å². The van der Waals surface area contributed by atoms with E-state index in [2.05, 4.69) is 6.92 Å². The van der Waals surface area contributed by atoms with Crippen LogP contribution < -0.4 is 0 Å². The van der Waals surface area contributed by atoms with E-state index in [1.54, 1.807) is 0 Å². The summed E-state index contributed by atoms with van der Waals surface area (Å²) in [5.41, 5.74) is 0.455. The molecule has 2 N–H and O–H groups in total. The largest absolute Gasteiger partial charge is 0.307 e. The standard InChI is InChI=1S/C8H16N2.ClH/c1-2-3-4-5-6-8(10)7-9;/h7,9-10H,2-6H2,1H3;1H. The fourth-order valence-electron chi connectivity index (χ4n) is 0.814. The van der Waals surface area contributed by atoms with Crippen molar-refractivity contribution in [3.8, 4) is 0 Å². The molecule has 0 unspecified atom stereocenters. The van der Waals surface area contributed by atoms with Gasteiger partial charge in [-0.3, -0.25) is 0 Å². The maximum absolute atomic E-state index is 7.13. The van der Waals surface area contributed by atoms with Gasteiger partial charge < -0.3 is 10.8 Å². The Morgan fingerprint density at radius 3 is 2.36 bits per heavy atom. The highest BCUT2D eigenvalue weighted by Gasteiger charge is 1.90. The SMILES string of the molecule is CCCCCCC(=N)C=N.Cl. The van der Waals surface area contributed by atoms with Gasteiger partial charge >= 0.3 is 0 Å². The fraction of sp³-hybridized carbons (Fsp3) is 0.750. The van der Waals surface area contributed by atoms with Crippen LogP contribution in [0.1, 0.15) is 39.0 Å². The Morgan fingerprint density at radius 2 is 1.91 bits per heavy atom. The van der Waals surface area contributed by atoms with E-state index in [9.17, 15) is 0 Å². The molecule has 0 aliphatic carbocycles. The molecule has 0 spiro atoms. The molecule has 0 heterocycles. The molecule has 66 valence electrons. The van der Waals surface area contributed by atoms with Crippen LogP contribution in [-0.4, -0.2) is 11.9 Å². The molecule has 0 aromatic rings. The van der Waals surface area contributed by atoms with Gasteiger partial charge in [0.2, 0.25) is 0 Å². The molecular formula is C8H17ClN2. The molecule has 0 atom stereocenters. The van der Waals surface area contributed by atoms with Crippen molar-refractivity contribution in [2.45, 2.75) is 39.0 Å². The summed E-state index contributed by atoms with van der Waals surface area (Å²) in [6.07, 6.45) is 6.67. The van der Waals surface area contributed by atoms with Crippen molar-refractivity contribution >= 4 is 24.3 Å². The zero-order valence-corrected chi connectivity index (χ0v) is 7.84. The third-order valence-electron chi connectivity index (χ3n) is 1.47. The van der Waals surface area contributed by atoms with E-state index >= 15 is 0 Å². The van der Waals surface area contributed by atoms with E-state index in [0.29, 0.717) is 5.71 Å². The third kappa shape index (κ3) is 9.63. The van der Waals surface area contributed by atoms with Gasteiger partial charge in [-0.15, -0.1) is 12.4 Å². The number of nitrogens with one attached hydrogen (secondary N) is 2. The third-order valence-corrected chi connectivity index (χ3v) is 1.47. The molecule has 11 heavy (non-hydrogen) atoms. The van der Waals surface area contributed by atoms with Gasteiger partial charge in [-0.25, -0.2) is 0 Å². The minimum Gasteiger partial charge on any atom is -0.307 e. The van der Waals surface area contributed by atoms with E-state index in [-0.39, 0.29) is 12.4 Å². The summed E-state index contributed by atoms with van der Waals surface area (Å²) in [7, 11) is 0. The molecule has 0 radical (unpaired) electrons. The van der Waals surface area contributed by atoms with Gasteiger partial charge in [0, 0.05) is 11.9 Å². The van der Waals surface area contributed by atoms with Crippen LogP contribution >= 0.6 is 12.4 Å². The highest BCUT2D eigenvalue weighted by Crippen LogP contribution is 2.01. The Kier molecular flexibility index (Phi) is 11.6. The quantitative estimate of drug-likeness (QED) is 0.462. The molecule has 0 rings (SSSR count). The average molecular weight is 177 g/mol. The Morgan fingerprint density at radius 1 is 1.27 bits per heavy atom. The number of unbranched alkanes of at least 4 members (excludes halogenated alkanes) is 3. The summed E-state index contributed by atoms with van der Waals surface area (Å²) in [5, 5.41) is 13.9. The topological polar surface area (TPSA) is 47.7 Å². The van der Waals surface area contributed by atoms with Crippen LogP contribution in [0.4, 0.5) is 0 Å². The normalized spacial score (nSPS) is 8.45. The van der Waals surface area contributed by atoms with E-state index in [1.165, 1.54) is 19.3 Å². The molecule has 0 fully saturated rings. The molecule has 0 bridgehead atoms. The van der Waals surface area contributed by atoms with Crippen LogP contribution in [0.15, 0.2) is 0 Å². The molecule has 0 saturated carbocycles. The smallest absolute Gasteiger partial charge is 0.0489 e. The summed E-state index contributed by atoms with van der Waals surface area (Å²) in [5.74, 6) is 0. The first-order valence-electron chi connectivity index (χ1n) is 3.89. The maximum Gasteiger partial charge on any atom is 0.0489 e. The predicted molar refractivity (Wildman–Crippen MR) is 52.5 cm³/mol. The fourth-order valence-corrected chi connectivity index (χ4v) is 0.814. The summed E-state index contributed by atoms with van der Waals surface area (Å²) >= 11 is 0. The van der Waals surface area contributed by atoms with Crippen LogP contribution in [-0.2, 0) is 0 Å². The van der Waals surface area contributed by atoms with Crippen molar-refractivity contribution in [2.75, 3.05) is 0 Å². The first-order chi connectivity index (χ1) is 4.81. The van der Waals surface area contributed by atoms with Crippen LogP contribution in [0.5, 0.6) is 0 Å². The first-order valence-corrected chi connectivity index (χ1v) is 3.89. The Hall–Kier alpha value is -0.370. The van der Waals surface area contributed by atoms with Gasteiger partial charge in [0.05, 0.1) is 0 Å². The summed E-state index contributed by atoms with van der Waals surface area (Å²) in [6, 6.07) is 0. The van der Waals surface area contributed by atoms with Crippen molar-refractivity contribution < 1.29 is 0 Å². The molecule has 0 aromatic heterocycles. The Balaban J connectivity index is 0. The van der Waals surface area contributed by atoms with Gasteiger partial charge in [0.1, 0.15) is 0 Å². The number of hydrogen-bond donors (Lipinski definition) is 2. The molecule has 3 heteroatoms. The van der Waals surface area contributed by atoms with Gasteiger partial charge in [0.25, 0.3) is 0 Å². The van der Waals surface area contributed by atoms with Crippen LogP contribution in [0.3, 0.4) is 0 Å². The molecule has 0 aliphatic heterocycles. The Labute approximate surface area is 74.8 Å². The minimum atomic E-state index is 0. The summed E-state index contributed by atoms with van der Waals surface area (Å²) < 4.78 is 0. The lowest BCUT2D eigenvalue weighted by atomic mass is 10.1. The highest BCUT2D eigenvalue weighted by molar-refractivity contribution is 6.27. The lowest BCUT2D eigenvalue weighted by molar-refractivity contribution is 0.683. The van der Waals surface area contributed by atoms with Gasteiger partial charge in [-0.2, -0.15) is 0 Å². The molecule has 0 aromatic carbocycles. The highest BCUT2D eigenvalue weighted by atomic mass is 35.5. The second-order valence-corrected chi connectivity index (χ2v) is 2.48. The number of halogens is 1. The van der Waals surface area contributed by atoms with Crippen molar-refractivity contribution in [3.05, 3.63) is 0 Å². The van der Waals surface area contributed by atoms with E-state index in [4.69, 9.17) is 10.8 Å². The predicted octanol–water partition coefficient (Wildman–Crippen LogP) is 3.05. The van der Waals surface area contributed by atoms with Crippen LogP contribution in [0.2, 0.25) is 0 Å². The van der Waals surface area contributed by atoms with Crippen molar-refractivity contribution in [1.29, 1.82) is 10.8 Å². The van der Waals surface area contributed by atoms with Crippen molar-refractivity contribution in [3.63, 3.8) is 0 Å². The molecular weight excluding hydrogens is 160 g/mol.